The average molecular weight is 250 g/mol. The fourth-order valence-electron chi connectivity index (χ4n) is 1.40. The van der Waals surface area contributed by atoms with Gasteiger partial charge in [-0.05, 0) is 24.3 Å². The number of anilines is 2. The highest BCUT2D eigenvalue weighted by atomic mass is 19.1. The maximum atomic E-state index is 12.9. The second kappa shape index (κ2) is 4.79. The van der Waals surface area contributed by atoms with Crippen molar-refractivity contribution in [2.45, 2.75) is 0 Å². The molecule has 0 saturated carbocycles. The van der Waals surface area contributed by atoms with Gasteiger partial charge in [0.1, 0.15) is 17.5 Å². The quantitative estimate of drug-likeness (QED) is 0.879. The standard InChI is InChI=1S/C12H8F2N2O2/c13-7-4-8(14)6-9(5-7)15-11-3-1-2-10(16-11)12(17)18/h1-6H,(H,15,16)(H,17,18). The van der Waals surface area contributed by atoms with Gasteiger partial charge < -0.3 is 10.4 Å². The average Bonchev–Trinajstić information content (AvgIpc) is 2.27. The van der Waals surface area contributed by atoms with Crippen LogP contribution in [0.3, 0.4) is 0 Å². The van der Waals surface area contributed by atoms with Gasteiger partial charge in [-0.1, -0.05) is 6.07 Å². The normalized spacial score (nSPS) is 10.1. The molecule has 0 fully saturated rings. The van der Waals surface area contributed by atoms with Gasteiger partial charge >= 0.3 is 5.97 Å². The summed E-state index contributed by atoms with van der Waals surface area (Å²) in [5, 5.41) is 11.4. The van der Waals surface area contributed by atoms with Gasteiger partial charge in [-0.2, -0.15) is 0 Å². The predicted octanol–water partition coefficient (Wildman–Crippen LogP) is 2.80. The summed E-state index contributed by atoms with van der Waals surface area (Å²) < 4.78 is 25.9. The first-order valence-corrected chi connectivity index (χ1v) is 4.98. The summed E-state index contributed by atoms with van der Waals surface area (Å²) in [5.74, 6) is -2.44. The summed E-state index contributed by atoms with van der Waals surface area (Å²) in [6, 6.07) is 7.20. The topological polar surface area (TPSA) is 62.2 Å². The molecule has 0 radical (unpaired) electrons. The number of pyridine rings is 1. The lowest BCUT2D eigenvalue weighted by molar-refractivity contribution is 0.0690. The van der Waals surface area contributed by atoms with Crippen LogP contribution in [0.15, 0.2) is 36.4 Å². The number of carboxylic acids is 1. The first-order chi connectivity index (χ1) is 8.54. The SMILES string of the molecule is O=C(O)c1cccc(Nc2cc(F)cc(F)c2)n1. The third kappa shape index (κ3) is 2.79. The van der Waals surface area contributed by atoms with Crippen LogP contribution < -0.4 is 5.32 Å². The van der Waals surface area contributed by atoms with Crippen molar-refractivity contribution in [1.29, 1.82) is 0 Å². The van der Waals surface area contributed by atoms with Crippen LogP contribution in [0.1, 0.15) is 10.5 Å². The number of carboxylic acid groups (broad SMARTS) is 1. The van der Waals surface area contributed by atoms with E-state index in [1.807, 2.05) is 0 Å². The van der Waals surface area contributed by atoms with Crippen LogP contribution in [0.25, 0.3) is 0 Å². The second-order valence-corrected chi connectivity index (χ2v) is 3.50. The molecule has 0 unspecified atom stereocenters. The molecule has 1 heterocycles. The molecule has 0 aliphatic heterocycles. The monoisotopic (exact) mass is 250 g/mol. The number of rotatable bonds is 3. The van der Waals surface area contributed by atoms with Crippen LogP contribution in [0.2, 0.25) is 0 Å². The van der Waals surface area contributed by atoms with Gasteiger partial charge in [-0.3, -0.25) is 0 Å². The molecule has 0 bridgehead atoms. The molecule has 6 heteroatoms. The molecule has 92 valence electrons. The molecule has 0 spiro atoms. The molecule has 0 amide bonds. The molecular weight excluding hydrogens is 242 g/mol. The third-order valence-corrected chi connectivity index (χ3v) is 2.10. The fraction of sp³-hybridized carbons (Fsp3) is 0. The Balaban J connectivity index is 2.28. The molecule has 0 aliphatic rings. The highest BCUT2D eigenvalue weighted by Gasteiger charge is 2.06. The van der Waals surface area contributed by atoms with E-state index < -0.39 is 17.6 Å². The number of hydrogen-bond donors (Lipinski definition) is 2. The molecule has 1 aromatic carbocycles. The van der Waals surface area contributed by atoms with Crippen molar-refractivity contribution in [3.8, 4) is 0 Å². The van der Waals surface area contributed by atoms with E-state index in [4.69, 9.17) is 5.11 Å². The Hall–Kier alpha value is -2.50. The van der Waals surface area contributed by atoms with E-state index in [2.05, 4.69) is 10.3 Å². The summed E-state index contributed by atoms with van der Waals surface area (Å²) in [6.07, 6.45) is 0. The van der Waals surface area contributed by atoms with Crippen LogP contribution in [-0.4, -0.2) is 16.1 Å². The second-order valence-electron chi connectivity index (χ2n) is 3.50. The van der Waals surface area contributed by atoms with Gasteiger partial charge in [0.15, 0.2) is 5.69 Å². The Kier molecular flexibility index (Phi) is 3.18. The number of aromatic nitrogens is 1. The Morgan fingerprint density at radius 3 is 2.44 bits per heavy atom. The summed E-state index contributed by atoms with van der Waals surface area (Å²) in [7, 11) is 0. The summed E-state index contributed by atoms with van der Waals surface area (Å²) >= 11 is 0. The molecule has 2 rings (SSSR count). The Labute approximate surface area is 101 Å². The van der Waals surface area contributed by atoms with Gasteiger partial charge in [-0.25, -0.2) is 18.6 Å². The molecule has 2 N–H and O–H groups in total. The zero-order valence-corrected chi connectivity index (χ0v) is 9.02. The Bertz CT molecular complexity index is 582. The highest BCUT2D eigenvalue weighted by molar-refractivity contribution is 5.85. The smallest absolute Gasteiger partial charge is 0.354 e. The van der Waals surface area contributed by atoms with Crippen LogP contribution in [0.4, 0.5) is 20.3 Å². The first kappa shape index (κ1) is 12.0. The zero-order chi connectivity index (χ0) is 13.1. The van der Waals surface area contributed by atoms with Crippen molar-refractivity contribution in [3.63, 3.8) is 0 Å². The van der Waals surface area contributed by atoms with E-state index in [0.717, 1.165) is 18.2 Å². The first-order valence-electron chi connectivity index (χ1n) is 4.98. The largest absolute Gasteiger partial charge is 0.477 e. The zero-order valence-electron chi connectivity index (χ0n) is 9.02. The number of nitrogens with one attached hydrogen (secondary N) is 1. The Morgan fingerprint density at radius 1 is 1.17 bits per heavy atom. The summed E-state index contributed by atoms with van der Waals surface area (Å²) in [5.41, 5.74) is -0.000543. The van der Waals surface area contributed by atoms with E-state index in [9.17, 15) is 13.6 Å². The lowest BCUT2D eigenvalue weighted by atomic mass is 10.3. The number of carbonyl (C=O) groups is 1. The van der Waals surface area contributed by atoms with Crippen LogP contribution in [0, 0.1) is 11.6 Å². The van der Waals surface area contributed by atoms with E-state index >= 15 is 0 Å². The van der Waals surface area contributed by atoms with Crippen molar-refractivity contribution >= 4 is 17.5 Å². The molecule has 0 saturated heterocycles. The maximum Gasteiger partial charge on any atom is 0.354 e. The minimum atomic E-state index is -1.18. The van der Waals surface area contributed by atoms with Crippen molar-refractivity contribution in [2.75, 3.05) is 5.32 Å². The van der Waals surface area contributed by atoms with Gasteiger partial charge in [0.2, 0.25) is 0 Å². The number of aromatic carboxylic acids is 1. The number of hydrogen-bond acceptors (Lipinski definition) is 3. The lowest BCUT2D eigenvalue weighted by Crippen LogP contribution is -2.02. The molecule has 4 nitrogen and oxygen atoms in total. The minimum Gasteiger partial charge on any atom is -0.477 e. The van der Waals surface area contributed by atoms with Crippen LogP contribution in [0.5, 0.6) is 0 Å². The molecule has 2 aromatic rings. The van der Waals surface area contributed by atoms with Gasteiger partial charge in [0.25, 0.3) is 0 Å². The van der Waals surface area contributed by atoms with E-state index in [0.29, 0.717) is 0 Å². The fourth-order valence-corrected chi connectivity index (χ4v) is 1.40. The van der Waals surface area contributed by atoms with Gasteiger partial charge in [0.05, 0.1) is 0 Å². The number of nitrogens with zero attached hydrogens (tertiary/aromatic N) is 1. The maximum absolute atomic E-state index is 12.9. The molecule has 0 atom stereocenters. The van der Waals surface area contributed by atoms with Gasteiger partial charge in [-0.15, -0.1) is 0 Å². The Morgan fingerprint density at radius 2 is 1.83 bits per heavy atom. The van der Waals surface area contributed by atoms with Crippen molar-refractivity contribution in [1.82, 2.24) is 4.98 Å². The summed E-state index contributed by atoms with van der Waals surface area (Å²) in [4.78, 5) is 14.5. The van der Waals surface area contributed by atoms with Gasteiger partial charge in [0, 0.05) is 11.8 Å². The molecule has 1 aromatic heterocycles. The van der Waals surface area contributed by atoms with Crippen LogP contribution in [-0.2, 0) is 0 Å². The van der Waals surface area contributed by atoms with Crippen molar-refractivity contribution in [2.24, 2.45) is 0 Å². The molecule has 18 heavy (non-hydrogen) atoms. The number of benzene rings is 1. The highest BCUT2D eigenvalue weighted by Crippen LogP contribution is 2.17. The van der Waals surface area contributed by atoms with E-state index in [1.54, 1.807) is 0 Å². The van der Waals surface area contributed by atoms with E-state index in [-0.39, 0.29) is 17.2 Å². The summed E-state index contributed by atoms with van der Waals surface area (Å²) in [6.45, 7) is 0. The minimum absolute atomic E-state index is 0.155. The number of halogens is 2. The third-order valence-electron chi connectivity index (χ3n) is 2.10. The predicted molar refractivity (Wildman–Crippen MR) is 60.8 cm³/mol. The molecule has 0 aliphatic carbocycles. The van der Waals surface area contributed by atoms with Crippen LogP contribution >= 0.6 is 0 Å². The van der Waals surface area contributed by atoms with E-state index in [1.165, 1.54) is 18.2 Å². The van der Waals surface area contributed by atoms with Crippen molar-refractivity contribution in [3.05, 3.63) is 53.7 Å². The van der Waals surface area contributed by atoms with Crippen molar-refractivity contribution < 1.29 is 18.7 Å². The molecular formula is C12H8F2N2O2. The lowest BCUT2D eigenvalue weighted by Gasteiger charge is -2.06.